The lowest BCUT2D eigenvalue weighted by atomic mass is 9.98. The molecule has 7 nitrogen and oxygen atoms in total. The van der Waals surface area contributed by atoms with E-state index in [4.69, 9.17) is 10.8 Å². The van der Waals surface area contributed by atoms with E-state index < -0.39 is 17.9 Å². The van der Waals surface area contributed by atoms with E-state index in [1.165, 1.54) is 0 Å². The minimum atomic E-state index is -1.25. The first-order chi connectivity index (χ1) is 8.00. The summed E-state index contributed by atoms with van der Waals surface area (Å²) in [7, 11) is 0. The Labute approximate surface area is 98.7 Å². The molecule has 0 aliphatic carbocycles. The number of carbonyl (C=O) groups excluding carboxylic acids is 2. The van der Waals surface area contributed by atoms with Crippen molar-refractivity contribution < 1.29 is 19.5 Å². The largest absolute Gasteiger partial charge is 0.480 e. The van der Waals surface area contributed by atoms with Crippen LogP contribution >= 0.6 is 0 Å². The van der Waals surface area contributed by atoms with Gasteiger partial charge in [0.05, 0.1) is 12.3 Å². The fourth-order valence-corrected chi connectivity index (χ4v) is 1.77. The van der Waals surface area contributed by atoms with E-state index in [0.29, 0.717) is 6.54 Å². The zero-order valence-electron chi connectivity index (χ0n) is 9.44. The second kappa shape index (κ2) is 6.19. The van der Waals surface area contributed by atoms with Crippen LogP contribution in [0.4, 0.5) is 0 Å². The molecule has 1 fully saturated rings. The Balaban J connectivity index is 2.50. The molecule has 0 aromatic heterocycles. The standard InChI is InChI=1S/C10H17N3O4/c11-8(14)4-7(10(16)17)13-9(15)6-2-1-3-12-5-6/h6-7,12H,1-5H2,(H2,11,14)(H,13,15)(H,16,17)/t6?,7-/m0/s1. The molecule has 0 spiro atoms. The Morgan fingerprint density at radius 1 is 1.47 bits per heavy atom. The summed E-state index contributed by atoms with van der Waals surface area (Å²) in [5.41, 5.74) is 4.92. The third kappa shape index (κ3) is 4.39. The van der Waals surface area contributed by atoms with Crippen molar-refractivity contribution in [3.63, 3.8) is 0 Å². The van der Waals surface area contributed by atoms with Crippen molar-refractivity contribution >= 4 is 17.8 Å². The van der Waals surface area contributed by atoms with Crippen molar-refractivity contribution in [1.29, 1.82) is 0 Å². The molecule has 0 radical (unpaired) electrons. The van der Waals surface area contributed by atoms with E-state index in [1.54, 1.807) is 0 Å². The Kier molecular flexibility index (Phi) is 4.89. The number of rotatable bonds is 5. The van der Waals surface area contributed by atoms with Crippen LogP contribution in [0, 0.1) is 5.92 Å². The van der Waals surface area contributed by atoms with Crippen LogP contribution in [0.1, 0.15) is 19.3 Å². The molecule has 0 aromatic rings. The molecule has 5 N–H and O–H groups in total. The molecule has 17 heavy (non-hydrogen) atoms. The summed E-state index contributed by atoms with van der Waals surface area (Å²) in [5.74, 6) is -2.58. The summed E-state index contributed by atoms with van der Waals surface area (Å²) in [6.45, 7) is 1.40. The van der Waals surface area contributed by atoms with Gasteiger partial charge in [-0.25, -0.2) is 4.79 Å². The minimum absolute atomic E-state index is 0.238. The number of carbonyl (C=O) groups is 3. The lowest BCUT2D eigenvalue weighted by molar-refractivity contribution is -0.144. The zero-order chi connectivity index (χ0) is 12.8. The molecule has 0 aromatic carbocycles. The highest BCUT2D eigenvalue weighted by molar-refractivity contribution is 5.89. The van der Waals surface area contributed by atoms with E-state index >= 15 is 0 Å². The van der Waals surface area contributed by atoms with Gasteiger partial charge in [-0.15, -0.1) is 0 Å². The van der Waals surface area contributed by atoms with Crippen molar-refractivity contribution in [2.75, 3.05) is 13.1 Å². The van der Waals surface area contributed by atoms with Gasteiger partial charge in [-0.2, -0.15) is 0 Å². The van der Waals surface area contributed by atoms with Gasteiger partial charge in [-0.3, -0.25) is 9.59 Å². The third-order valence-electron chi connectivity index (χ3n) is 2.69. The number of piperidine rings is 1. The Bertz CT molecular complexity index is 313. The van der Waals surface area contributed by atoms with Crippen molar-refractivity contribution in [3.8, 4) is 0 Å². The van der Waals surface area contributed by atoms with Gasteiger partial charge in [0.15, 0.2) is 0 Å². The maximum atomic E-state index is 11.7. The molecule has 1 unspecified atom stereocenters. The first-order valence-electron chi connectivity index (χ1n) is 5.53. The highest BCUT2D eigenvalue weighted by atomic mass is 16.4. The van der Waals surface area contributed by atoms with Crippen molar-refractivity contribution in [3.05, 3.63) is 0 Å². The van der Waals surface area contributed by atoms with E-state index in [-0.39, 0.29) is 18.2 Å². The predicted molar refractivity (Wildman–Crippen MR) is 59.0 cm³/mol. The number of aliphatic carboxylic acids is 1. The maximum absolute atomic E-state index is 11.7. The summed E-state index contributed by atoms with van der Waals surface area (Å²) in [6.07, 6.45) is 1.22. The first kappa shape index (κ1) is 13.4. The normalized spacial score (nSPS) is 21.5. The Morgan fingerprint density at radius 2 is 2.18 bits per heavy atom. The van der Waals surface area contributed by atoms with Gasteiger partial charge in [-0.1, -0.05) is 0 Å². The Hall–Kier alpha value is -1.63. The van der Waals surface area contributed by atoms with Crippen LogP contribution < -0.4 is 16.4 Å². The molecule has 0 saturated carbocycles. The van der Waals surface area contributed by atoms with E-state index in [9.17, 15) is 14.4 Å². The Morgan fingerprint density at radius 3 is 2.65 bits per heavy atom. The maximum Gasteiger partial charge on any atom is 0.326 e. The van der Waals surface area contributed by atoms with E-state index in [1.807, 2.05) is 0 Å². The molecule has 96 valence electrons. The highest BCUT2D eigenvalue weighted by Gasteiger charge is 2.27. The van der Waals surface area contributed by atoms with Crippen LogP contribution in [0.5, 0.6) is 0 Å². The molecule has 1 heterocycles. The fourth-order valence-electron chi connectivity index (χ4n) is 1.77. The second-order valence-corrected chi connectivity index (χ2v) is 4.11. The van der Waals surface area contributed by atoms with Gasteiger partial charge in [-0.05, 0) is 19.4 Å². The van der Waals surface area contributed by atoms with Crippen LogP contribution in [-0.4, -0.2) is 42.0 Å². The first-order valence-corrected chi connectivity index (χ1v) is 5.53. The molecule has 1 rings (SSSR count). The zero-order valence-corrected chi connectivity index (χ0v) is 9.44. The van der Waals surface area contributed by atoms with Crippen LogP contribution in [0.2, 0.25) is 0 Å². The molecular weight excluding hydrogens is 226 g/mol. The quantitative estimate of drug-likeness (QED) is 0.465. The van der Waals surface area contributed by atoms with Gasteiger partial charge in [0.25, 0.3) is 0 Å². The van der Waals surface area contributed by atoms with Gasteiger partial charge >= 0.3 is 5.97 Å². The molecule has 2 amide bonds. The van der Waals surface area contributed by atoms with Crippen LogP contribution in [0.3, 0.4) is 0 Å². The molecule has 2 atom stereocenters. The molecule has 1 aliphatic heterocycles. The minimum Gasteiger partial charge on any atom is -0.480 e. The topological polar surface area (TPSA) is 122 Å². The van der Waals surface area contributed by atoms with Gasteiger partial charge in [0, 0.05) is 6.54 Å². The molecule has 7 heteroatoms. The van der Waals surface area contributed by atoms with Crippen molar-refractivity contribution in [2.45, 2.75) is 25.3 Å². The van der Waals surface area contributed by atoms with E-state index in [0.717, 1.165) is 19.4 Å². The lowest BCUT2D eigenvalue weighted by Gasteiger charge is -2.23. The number of carboxylic acid groups (broad SMARTS) is 1. The van der Waals surface area contributed by atoms with Crippen LogP contribution in [0.15, 0.2) is 0 Å². The SMILES string of the molecule is NC(=O)C[C@H](NC(=O)C1CCCNC1)C(=O)O. The fraction of sp³-hybridized carbons (Fsp3) is 0.700. The number of primary amides is 1. The lowest BCUT2D eigenvalue weighted by Crippen LogP contribution is -2.48. The molecule has 1 aliphatic rings. The van der Waals surface area contributed by atoms with Gasteiger partial charge in [0.2, 0.25) is 11.8 Å². The van der Waals surface area contributed by atoms with Crippen molar-refractivity contribution in [1.82, 2.24) is 10.6 Å². The number of nitrogens with one attached hydrogen (secondary N) is 2. The third-order valence-corrected chi connectivity index (χ3v) is 2.69. The number of carboxylic acids is 1. The summed E-state index contributed by atoms with van der Waals surface area (Å²) < 4.78 is 0. The second-order valence-electron chi connectivity index (χ2n) is 4.11. The predicted octanol–water partition coefficient (Wildman–Crippen LogP) is -1.57. The summed E-state index contributed by atoms with van der Waals surface area (Å²) >= 11 is 0. The summed E-state index contributed by atoms with van der Waals surface area (Å²) in [4.78, 5) is 33.2. The van der Waals surface area contributed by atoms with Crippen LogP contribution in [0.25, 0.3) is 0 Å². The summed E-state index contributed by atoms with van der Waals surface area (Å²) in [5, 5.41) is 14.2. The summed E-state index contributed by atoms with van der Waals surface area (Å²) in [6, 6.07) is -1.23. The van der Waals surface area contributed by atoms with E-state index in [2.05, 4.69) is 10.6 Å². The number of hydrogen-bond acceptors (Lipinski definition) is 4. The number of hydrogen-bond donors (Lipinski definition) is 4. The van der Waals surface area contributed by atoms with Gasteiger partial charge < -0.3 is 21.5 Å². The smallest absolute Gasteiger partial charge is 0.326 e. The molecule has 1 saturated heterocycles. The average Bonchev–Trinajstić information content (AvgIpc) is 2.28. The average molecular weight is 243 g/mol. The molecular formula is C10H17N3O4. The van der Waals surface area contributed by atoms with Crippen molar-refractivity contribution in [2.24, 2.45) is 11.7 Å². The van der Waals surface area contributed by atoms with Crippen LogP contribution in [-0.2, 0) is 14.4 Å². The highest BCUT2D eigenvalue weighted by Crippen LogP contribution is 2.10. The number of amides is 2. The molecule has 0 bridgehead atoms. The number of nitrogens with two attached hydrogens (primary N) is 1. The monoisotopic (exact) mass is 243 g/mol. The van der Waals surface area contributed by atoms with Gasteiger partial charge in [0.1, 0.15) is 6.04 Å².